The molecule has 0 aliphatic heterocycles. The summed E-state index contributed by atoms with van der Waals surface area (Å²) in [4.78, 5) is 4.35. The zero-order chi connectivity index (χ0) is 13.7. The Morgan fingerprint density at radius 3 is 2.84 bits per heavy atom. The Bertz CT molecular complexity index is 371. The Kier molecular flexibility index (Phi) is 5.70. The van der Waals surface area contributed by atoms with Gasteiger partial charge in [-0.05, 0) is 18.8 Å². The fourth-order valence-corrected chi connectivity index (χ4v) is 3.86. The highest BCUT2D eigenvalue weighted by Crippen LogP contribution is 2.29. The Morgan fingerprint density at radius 2 is 2.16 bits per heavy atom. The van der Waals surface area contributed by atoms with E-state index in [1.807, 2.05) is 4.68 Å². The van der Waals surface area contributed by atoms with Gasteiger partial charge >= 0.3 is 0 Å². The molecule has 0 radical (unpaired) electrons. The molecule has 108 valence electrons. The first-order chi connectivity index (χ1) is 9.15. The van der Waals surface area contributed by atoms with Crippen LogP contribution in [-0.4, -0.2) is 31.8 Å². The minimum atomic E-state index is 0.195. The molecule has 1 aromatic heterocycles. The Balaban J connectivity index is 1.77. The average Bonchev–Trinajstić information content (AvgIpc) is 2.98. The predicted molar refractivity (Wildman–Crippen MR) is 81.3 cm³/mol. The van der Waals surface area contributed by atoms with Crippen LogP contribution in [0.15, 0.2) is 6.33 Å². The summed E-state index contributed by atoms with van der Waals surface area (Å²) in [6, 6.07) is 0.195. The second-order valence-electron chi connectivity index (χ2n) is 5.96. The first-order valence-electron chi connectivity index (χ1n) is 7.39. The van der Waals surface area contributed by atoms with E-state index in [4.69, 9.17) is 5.73 Å². The lowest BCUT2D eigenvalue weighted by atomic mass is 10.2. The summed E-state index contributed by atoms with van der Waals surface area (Å²) < 4.78 is 2.00. The SMILES string of the molecule is CC(C)Cn1ncnc1CC(N)CSC1CCCC1. The summed E-state index contributed by atoms with van der Waals surface area (Å²) in [5, 5.41) is 5.14. The molecule has 1 saturated carbocycles. The molecule has 19 heavy (non-hydrogen) atoms. The molecule has 0 spiro atoms. The number of thioether (sulfide) groups is 1. The highest BCUT2D eigenvalue weighted by molar-refractivity contribution is 7.99. The van der Waals surface area contributed by atoms with Gasteiger partial charge in [0.2, 0.25) is 0 Å². The zero-order valence-corrected chi connectivity index (χ0v) is 12.9. The van der Waals surface area contributed by atoms with Crippen LogP contribution in [0, 0.1) is 5.92 Å². The molecule has 1 fully saturated rings. The number of hydrogen-bond donors (Lipinski definition) is 1. The first kappa shape index (κ1) is 14.9. The summed E-state index contributed by atoms with van der Waals surface area (Å²) >= 11 is 2.05. The Hall–Kier alpha value is -0.550. The lowest BCUT2D eigenvalue weighted by molar-refractivity contribution is 0.461. The third kappa shape index (κ3) is 4.80. The van der Waals surface area contributed by atoms with Crippen molar-refractivity contribution in [2.24, 2.45) is 11.7 Å². The smallest absolute Gasteiger partial charge is 0.138 e. The van der Waals surface area contributed by atoms with E-state index in [1.54, 1.807) is 6.33 Å². The number of nitrogens with zero attached hydrogens (tertiary/aromatic N) is 3. The van der Waals surface area contributed by atoms with Crippen LogP contribution in [0.4, 0.5) is 0 Å². The van der Waals surface area contributed by atoms with Crippen molar-refractivity contribution >= 4 is 11.8 Å². The van der Waals surface area contributed by atoms with Gasteiger partial charge < -0.3 is 5.73 Å². The summed E-state index contributed by atoms with van der Waals surface area (Å²) in [6.45, 7) is 5.32. The van der Waals surface area contributed by atoms with Crippen LogP contribution in [0.25, 0.3) is 0 Å². The van der Waals surface area contributed by atoms with E-state index >= 15 is 0 Å². The van der Waals surface area contributed by atoms with Gasteiger partial charge in [-0.1, -0.05) is 26.7 Å². The van der Waals surface area contributed by atoms with Gasteiger partial charge in [0.15, 0.2) is 0 Å². The molecule has 2 rings (SSSR count). The second kappa shape index (κ2) is 7.29. The number of rotatable bonds is 7. The van der Waals surface area contributed by atoms with Crippen molar-refractivity contribution in [2.75, 3.05) is 5.75 Å². The Morgan fingerprint density at radius 1 is 1.42 bits per heavy atom. The van der Waals surface area contributed by atoms with Crippen LogP contribution in [0.5, 0.6) is 0 Å². The van der Waals surface area contributed by atoms with Gasteiger partial charge in [0.25, 0.3) is 0 Å². The number of aromatic nitrogens is 3. The van der Waals surface area contributed by atoms with Gasteiger partial charge in [0.05, 0.1) is 0 Å². The highest BCUT2D eigenvalue weighted by Gasteiger charge is 2.17. The standard InChI is InChI=1S/C14H26N4S/c1-11(2)8-18-14(16-10-17-18)7-12(15)9-19-13-5-3-4-6-13/h10-13H,3-9,15H2,1-2H3. The van der Waals surface area contributed by atoms with Crippen LogP contribution >= 0.6 is 11.8 Å². The molecule has 2 N–H and O–H groups in total. The molecule has 1 aliphatic rings. The molecule has 4 nitrogen and oxygen atoms in total. The maximum absolute atomic E-state index is 6.24. The highest BCUT2D eigenvalue weighted by atomic mass is 32.2. The van der Waals surface area contributed by atoms with Gasteiger partial charge in [-0.2, -0.15) is 16.9 Å². The van der Waals surface area contributed by atoms with E-state index in [0.29, 0.717) is 5.92 Å². The van der Waals surface area contributed by atoms with E-state index in [0.717, 1.165) is 29.8 Å². The normalized spacial score (nSPS) is 18.3. The topological polar surface area (TPSA) is 56.7 Å². The molecule has 1 unspecified atom stereocenters. The van der Waals surface area contributed by atoms with Crippen molar-refractivity contribution in [3.05, 3.63) is 12.2 Å². The van der Waals surface area contributed by atoms with Crippen molar-refractivity contribution in [1.82, 2.24) is 14.8 Å². The average molecular weight is 282 g/mol. The maximum atomic E-state index is 6.24. The molecule has 0 amide bonds. The van der Waals surface area contributed by atoms with E-state index < -0.39 is 0 Å². The number of nitrogens with two attached hydrogens (primary N) is 1. The molecule has 5 heteroatoms. The van der Waals surface area contributed by atoms with Crippen molar-refractivity contribution in [1.29, 1.82) is 0 Å². The van der Waals surface area contributed by atoms with E-state index in [1.165, 1.54) is 25.7 Å². The van der Waals surface area contributed by atoms with Crippen LogP contribution in [0.3, 0.4) is 0 Å². The minimum absolute atomic E-state index is 0.195. The summed E-state index contributed by atoms with van der Waals surface area (Å²) in [7, 11) is 0. The molecular weight excluding hydrogens is 256 g/mol. The number of hydrogen-bond acceptors (Lipinski definition) is 4. The first-order valence-corrected chi connectivity index (χ1v) is 8.44. The second-order valence-corrected chi connectivity index (χ2v) is 7.29. The van der Waals surface area contributed by atoms with E-state index in [2.05, 4.69) is 35.7 Å². The molecule has 0 bridgehead atoms. The maximum Gasteiger partial charge on any atom is 0.138 e. The zero-order valence-electron chi connectivity index (χ0n) is 12.1. The van der Waals surface area contributed by atoms with Gasteiger partial charge in [-0.3, -0.25) is 0 Å². The minimum Gasteiger partial charge on any atom is -0.327 e. The van der Waals surface area contributed by atoms with Crippen molar-refractivity contribution in [3.8, 4) is 0 Å². The molecule has 1 heterocycles. The van der Waals surface area contributed by atoms with E-state index in [-0.39, 0.29) is 6.04 Å². The van der Waals surface area contributed by atoms with Crippen LogP contribution in [0.1, 0.15) is 45.4 Å². The molecule has 0 aromatic carbocycles. The van der Waals surface area contributed by atoms with Gasteiger partial charge in [-0.15, -0.1) is 0 Å². The van der Waals surface area contributed by atoms with Crippen molar-refractivity contribution < 1.29 is 0 Å². The van der Waals surface area contributed by atoms with Crippen molar-refractivity contribution in [2.45, 2.75) is 63.8 Å². The quantitative estimate of drug-likeness (QED) is 0.834. The van der Waals surface area contributed by atoms with E-state index in [9.17, 15) is 0 Å². The van der Waals surface area contributed by atoms with Gasteiger partial charge in [0.1, 0.15) is 12.2 Å². The monoisotopic (exact) mass is 282 g/mol. The third-order valence-electron chi connectivity index (χ3n) is 3.53. The van der Waals surface area contributed by atoms with Crippen molar-refractivity contribution in [3.63, 3.8) is 0 Å². The molecule has 1 aromatic rings. The third-order valence-corrected chi connectivity index (χ3v) is 5.09. The lowest BCUT2D eigenvalue weighted by Gasteiger charge is -2.15. The fourth-order valence-electron chi connectivity index (χ4n) is 2.55. The van der Waals surface area contributed by atoms with Crippen LogP contribution < -0.4 is 5.73 Å². The molecule has 1 atom stereocenters. The van der Waals surface area contributed by atoms with Gasteiger partial charge in [-0.25, -0.2) is 9.67 Å². The Labute approximate surface area is 120 Å². The predicted octanol–water partition coefficient (Wildman–Crippen LogP) is 2.48. The molecule has 1 aliphatic carbocycles. The largest absolute Gasteiger partial charge is 0.327 e. The van der Waals surface area contributed by atoms with Crippen LogP contribution in [-0.2, 0) is 13.0 Å². The fraction of sp³-hybridized carbons (Fsp3) is 0.857. The van der Waals surface area contributed by atoms with Crippen LogP contribution in [0.2, 0.25) is 0 Å². The summed E-state index contributed by atoms with van der Waals surface area (Å²) in [5.41, 5.74) is 6.24. The lowest BCUT2D eigenvalue weighted by Crippen LogP contribution is -2.28. The molecule has 0 saturated heterocycles. The van der Waals surface area contributed by atoms with Gasteiger partial charge in [0, 0.05) is 30.0 Å². The molecular formula is C14H26N4S. The summed E-state index contributed by atoms with van der Waals surface area (Å²) in [6.07, 6.45) is 8.04. The summed E-state index contributed by atoms with van der Waals surface area (Å²) in [5.74, 6) is 2.66.